The Balaban J connectivity index is 1.59. The van der Waals surface area contributed by atoms with E-state index in [1.165, 1.54) is 0 Å². The molecule has 150 valence electrons. The smallest absolute Gasteiger partial charge is 0.231 e. The molecule has 4 rings (SSSR count). The summed E-state index contributed by atoms with van der Waals surface area (Å²) in [6.45, 7) is 3.80. The molecule has 7 heteroatoms. The standard InChI is InChI=1S/C22H23FN4O2/c1-3-4-20(28)19-5-12(2)16(11-25-19)18-6-13-10-26-21(7-14(13)9-24-18)27-22(29)15-8-17(15)23/h5-7,9-11,15,17,20,28H,3-4,8H2,1-2H3,(H,26,27,29)/t15-,17+,20+/m0/s1/i20D. The van der Waals surface area contributed by atoms with Gasteiger partial charge in [-0.05, 0) is 43.5 Å². The van der Waals surface area contributed by atoms with Crippen molar-refractivity contribution in [3.8, 4) is 11.3 Å². The third-order valence-corrected chi connectivity index (χ3v) is 5.07. The van der Waals surface area contributed by atoms with Gasteiger partial charge in [0.25, 0.3) is 0 Å². The first-order valence-electron chi connectivity index (χ1n) is 10.2. The first kappa shape index (κ1) is 18.1. The molecular formula is C22H23FN4O2. The lowest BCUT2D eigenvalue weighted by atomic mass is 10.0. The molecule has 3 aromatic heterocycles. The quantitative estimate of drug-likeness (QED) is 0.655. The Morgan fingerprint density at radius 1 is 1.28 bits per heavy atom. The van der Waals surface area contributed by atoms with Gasteiger partial charge >= 0.3 is 0 Å². The molecule has 1 fully saturated rings. The van der Waals surface area contributed by atoms with Crippen molar-refractivity contribution in [2.24, 2.45) is 5.92 Å². The number of pyridine rings is 3. The van der Waals surface area contributed by atoms with E-state index in [4.69, 9.17) is 1.37 Å². The van der Waals surface area contributed by atoms with E-state index in [1.54, 1.807) is 30.7 Å². The third kappa shape index (κ3) is 4.10. The molecule has 1 aliphatic rings. The average Bonchev–Trinajstić information content (AvgIpc) is 3.44. The number of amides is 1. The number of fused-ring (bicyclic) bond motifs is 1. The Kier molecular flexibility index (Phi) is 4.89. The van der Waals surface area contributed by atoms with Crippen molar-refractivity contribution in [3.05, 3.63) is 48.0 Å². The minimum Gasteiger partial charge on any atom is -0.387 e. The number of alkyl halides is 1. The van der Waals surface area contributed by atoms with Crippen LogP contribution in [0.25, 0.3) is 22.0 Å². The number of nitrogens with zero attached hydrogens (tertiary/aromatic N) is 3. The van der Waals surface area contributed by atoms with E-state index in [0.717, 1.165) is 21.9 Å². The fraction of sp³-hybridized carbons (Fsp3) is 0.364. The van der Waals surface area contributed by atoms with E-state index in [2.05, 4.69) is 20.3 Å². The van der Waals surface area contributed by atoms with Gasteiger partial charge in [-0.2, -0.15) is 0 Å². The Labute approximate surface area is 169 Å². The summed E-state index contributed by atoms with van der Waals surface area (Å²) in [6.07, 6.45) is 3.45. The summed E-state index contributed by atoms with van der Waals surface area (Å²) in [7, 11) is 0. The summed E-state index contributed by atoms with van der Waals surface area (Å²) in [5.74, 6) is -0.549. The van der Waals surface area contributed by atoms with Gasteiger partial charge in [0, 0.05) is 34.9 Å². The summed E-state index contributed by atoms with van der Waals surface area (Å²) < 4.78 is 21.1. The van der Waals surface area contributed by atoms with Gasteiger partial charge < -0.3 is 10.4 Å². The second-order valence-electron chi connectivity index (χ2n) is 7.41. The van der Waals surface area contributed by atoms with E-state index in [-0.39, 0.29) is 12.3 Å². The molecular weight excluding hydrogens is 371 g/mol. The maximum atomic E-state index is 13.0. The number of aromatic nitrogens is 3. The minimum atomic E-state index is -1.71. The number of carbonyl (C=O) groups is 1. The van der Waals surface area contributed by atoms with Crippen molar-refractivity contribution < 1.29 is 15.7 Å². The molecule has 1 saturated carbocycles. The van der Waals surface area contributed by atoms with Gasteiger partial charge in [0.15, 0.2) is 0 Å². The Morgan fingerprint density at radius 3 is 2.69 bits per heavy atom. The van der Waals surface area contributed by atoms with Crippen LogP contribution in [0.15, 0.2) is 36.8 Å². The number of halogens is 1. The number of hydrogen-bond donors (Lipinski definition) is 2. The fourth-order valence-electron chi connectivity index (χ4n) is 3.25. The number of anilines is 1. The van der Waals surface area contributed by atoms with Gasteiger partial charge in [0.1, 0.15) is 12.0 Å². The van der Waals surface area contributed by atoms with Gasteiger partial charge in [0.2, 0.25) is 5.91 Å². The summed E-state index contributed by atoms with van der Waals surface area (Å²) in [5, 5.41) is 14.6. The van der Waals surface area contributed by atoms with Crippen molar-refractivity contribution in [2.75, 3.05) is 5.32 Å². The van der Waals surface area contributed by atoms with E-state index in [1.807, 2.05) is 19.9 Å². The number of aliphatic hydroxyl groups is 1. The molecule has 1 amide bonds. The van der Waals surface area contributed by atoms with Crippen molar-refractivity contribution >= 4 is 22.5 Å². The summed E-state index contributed by atoms with van der Waals surface area (Å²) >= 11 is 0. The molecule has 0 saturated heterocycles. The largest absolute Gasteiger partial charge is 0.387 e. The molecule has 3 aromatic rings. The normalized spacial score (nSPS) is 20.8. The molecule has 2 N–H and O–H groups in total. The van der Waals surface area contributed by atoms with Crippen molar-refractivity contribution in [3.63, 3.8) is 0 Å². The van der Waals surface area contributed by atoms with E-state index < -0.39 is 18.2 Å². The Hall–Kier alpha value is -2.93. The predicted molar refractivity (Wildman–Crippen MR) is 109 cm³/mol. The number of hydrogen-bond acceptors (Lipinski definition) is 5. The minimum absolute atomic E-state index is 0.270. The molecule has 3 heterocycles. The average molecular weight is 395 g/mol. The number of carbonyl (C=O) groups excluding carboxylic acids is 1. The van der Waals surface area contributed by atoms with Crippen LogP contribution < -0.4 is 5.32 Å². The van der Waals surface area contributed by atoms with Crippen LogP contribution in [-0.2, 0) is 4.79 Å². The summed E-state index contributed by atoms with van der Waals surface area (Å²) in [5.41, 5.74) is 2.67. The SMILES string of the molecule is [2H][C@@](O)(CCC)c1cc(C)c(-c2cc3cnc(NC(=O)[C@H]4C[C@H]4F)cc3cn2)cn1. The zero-order valence-corrected chi connectivity index (χ0v) is 16.3. The van der Waals surface area contributed by atoms with Crippen LogP contribution in [0, 0.1) is 12.8 Å². The van der Waals surface area contributed by atoms with Gasteiger partial charge in [-0.25, -0.2) is 9.37 Å². The summed E-state index contributed by atoms with van der Waals surface area (Å²) in [4.78, 5) is 24.9. The van der Waals surface area contributed by atoms with Crippen molar-refractivity contribution in [1.82, 2.24) is 15.0 Å². The molecule has 0 radical (unpaired) electrons. The van der Waals surface area contributed by atoms with E-state index >= 15 is 0 Å². The number of rotatable bonds is 6. The molecule has 1 aliphatic carbocycles. The Morgan fingerprint density at radius 2 is 2.00 bits per heavy atom. The van der Waals surface area contributed by atoms with Crippen LogP contribution >= 0.6 is 0 Å². The van der Waals surface area contributed by atoms with Crippen LogP contribution in [0.2, 0.25) is 0 Å². The van der Waals surface area contributed by atoms with E-state index in [9.17, 15) is 14.3 Å². The van der Waals surface area contributed by atoms with Crippen LogP contribution in [0.5, 0.6) is 0 Å². The molecule has 0 aromatic carbocycles. The molecule has 0 unspecified atom stereocenters. The molecule has 0 bridgehead atoms. The highest BCUT2D eigenvalue weighted by Gasteiger charge is 2.43. The van der Waals surface area contributed by atoms with Gasteiger partial charge in [-0.1, -0.05) is 13.3 Å². The third-order valence-electron chi connectivity index (χ3n) is 5.07. The first-order chi connectivity index (χ1) is 14.3. The molecule has 6 nitrogen and oxygen atoms in total. The van der Waals surface area contributed by atoms with Gasteiger partial charge in [-0.3, -0.25) is 14.8 Å². The summed E-state index contributed by atoms with van der Waals surface area (Å²) in [6, 6.07) is 5.30. The number of aryl methyl sites for hydroxylation is 1. The lowest BCUT2D eigenvalue weighted by molar-refractivity contribution is -0.117. The zero-order chi connectivity index (χ0) is 21.5. The Bertz CT molecular complexity index is 1120. The molecule has 3 atom stereocenters. The lowest BCUT2D eigenvalue weighted by Crippen LogP contribution is -2.15. The predicted octanol–water partition coefficient (Wildman–Crippen LogP) is 4.13. The zero-order valence-electron chi connectivity index (χ0n) is 17.3. The number of nitrogens with one attached hydrogen (secondary N) is 1. The molecule has 0 aliphatic heterocycles. The highest BCUT2D eigenvalue weighted by molar-refractivity contribution is 5.96. The van der Waals surface area contributed by atoms with Gasteiger partial charge in [-0.15, -0.1) is 0 Å². The maximum Gasteiger partial charge on any atom is 0.231 e. The van der Waals surface area contributed by atoms with Crippen LogP contribution in [-0.4, -0.2) is 32.1 Å². The van der Waals surface area contributed by atoms with Gasteiger partial charge in [0.05, 0.1) is 24.8 Å². The highest BCUT2D eigenvalue weighted by Crippen LogP contribution is 2.34. The topological polar surface area (TPSA) is 88.0 Å². The monoisotopic (exact) mass is 395 g/mol. The van der Waals surface area contributed by atoms with Crippen molar-refractivity contribution in [2.45, 2.75) is 45.4 Å². The van der Waals surface area contributed by atoms with Crippen LogP contribution in [0.4, 0.5) is 10.2 Å². The fourth-order valence-corrected chi connectivity index (χ4v) is 3.25. The maximum absolute atomic E-state index is 13.0. The van der Waals surface area contributed by atoms with Crippen LogP contribution in [0.3, 0.4) is 0 Å². The molecule has 29 heavy (non-hydrogen) atoms. The van der Waals surface area contributed by atoms with Crippen molar-refractivity contribution in [1.29, 1.82) is 0 Å². The lowest BCUT2D eigenvalue weighted by Gasteiger charge is -2.12. The highest BCUT2D eigenvalue weighted by atomic mass is 19.1. The first-order valence-corrected chi connectivity index (χ1v) is 9.69. The molecule has 0 spiro atoms. The van der Waals surface area contributed by atoms with E-state index in [0.29, 0.717) is 30.0 Å². The second-order valence-corrected chi connectivity index (χ2v) is 7.41. The second kappa shape index (κ2) is 7.83. The van der Waals surface area contributed by atoms with Crippen LogP contribution in [0.1, 0.15) is 44.9 Å².